The molecule has 2 aliphatic heterocycles. The highest BCUT2D eigenvalue weighted by atomic mass is 32.2. The minimum absolute atomic E-state index is 0.121. The van der Waals surface area contributed by atoms with Crippen molar-refractivity contribution >= 4 is 23.3 Å². The highest BCUT2D eigenvalue weighted by Gasteiger charge is 2.26. The van der Waals surface area contributed by atoms with Crippen molar-refractivity contribution in [3.63, 3.8) is 0 Å². The molecule has 0 N–H and O–H groups in total. The smallest absolute Gasteiger partial charge is 0.137 e. The summed E-state index contributed by atoms with van der Waals surface area (Å²) in [5.74, 6) is 1.09. The molecular formula is C22H27N3O2S. The Labute approximate surface area is 171 Å². The second kappa shape index (κ2) is 9.09. The summed E-state index contributed by atoms with van der Waals surface area (Å²) in [5, 5.41) is 0. The third kappa shape index (κ3) is 4.25. The average molecular weight is 398 g/mol. The largest absolute Gasteiger partial charge is 0.382 e. The molecule has 0 aromatic heterocycles. The number of hydrogen-bond donors (Lipinski definition) is 0. The SMILES string of the molecule is COC[C@H](CN1CCN(C2=Nc3ccccc3Sc3ccccc32)CC1)OC. The maximum Gasteiger partial charge on any atom is 0.137 e. The van der Waals surface area contributed by atoms with E-state index in [1.807, 2.05) is 0 Å². The summed E-state index contributed by atoms with van der Waals surface area (Å²) in [4.78, 5) is 12.5. The third-order valence-corrected chi connectivity index (χ3v) is 6.40. The van der Waals surface area contributed by atoms with Crippen LogP contribution in [0.25, 0.3) is 0 Å². The van der Waals surface area contributed by atoms with Gasteiger partial charge in [0.25, 0.3) is 0 Å². The molecule has 1 saturated heterocycles. The van der Waals surface area contributed by atoms with Gasteiger partial charge >= 0.3 is 0 Å². The predicted molar refractivity (Wildman–Crippen MR) is 114 cm³/mol. The second-order valence-electron chi connectivity index (χ2n) is 7.10. The van der Waals surface area contributed by atoms with Crippen LogP contribution in [0, 0.1) is 0 Å². The number of hydrogen-bond acceptors (Lipinski definition) is 6. The summed E-state index contributed by atoms with van der Waals surface area (Å²) in [6.07, 6.45) is 0.121. The van der Waals surface area contributed by atoms with E-state index in [2.05, 4.69) is 58.3 Å². The van der Waals surface area contributed by atoms with Crippen molar-refractivity contribution in [1.82, 2.24) is 9.80 Å². The van der Waals surface area contributed by atoms with Crippen LogP contribution in [-0.4, -0.2) is 75.3 Å². The van der Waals surface area contributed by atoms with Crippen molar-refractivity contribution in [1.29, 1.82) is 0 Å². The lowest BCUT2D eigenvalue weighted by atomic mass is 10.1. The molecule has 0 aliphatic carbocycles. The van der Waals surface area contributed by atoms with Gasteiger partial charge in [-0.2, -0.15) is 0 Å². The van der Waals surface area contributed by atoms with E-state index in [1.165, 1.54) is 15.4 Å². The molecule has 1 fully saturated rings. The van der Waals surface area contributed by atoms with Crippen molar-refractivity contribution in [3.8, 4) is 0 Å². The normalized spacial score (nSPS) is 18.1. The number of methoxy groups -OCH3 is 2. The highest BCUT2D eigenvalue weighted by Crippen LogP contribution is 2.40. The number of aliphatic imine (C=N–C) groups is 1. The topological polar surface area (TPSA) is 37.3 Å². The zero-order valence-corrected chi connectivity index (χ0v) is 17.3. The second-order valence-corrected chi connectivity index (χ2v) is 8.19. The highest BCUT2D eigenvalue weighted by molar-refractivity contribution is 7.99. The lowest BCUT2D eigenvalue weighted by molar-refractivity contribution is 0.000433. The van der Waals surface area contributed by atoms with Gasteiger partial charge in [-0.15, -0.1) is 0 Å². The number of fused-ring (bicyclic) bond motifs is 2. The molecule has 0 radical (unpaired) electrons. The Kier molecular flexibility index (Phi) is 6.32. The number of rotatable bonds is 5. The molecule has 2 aromatic carbocycles. The van der Waals surface area contributed by atoms with Crippen LogP contribution < -0.4 is 0 Å². The summed E-state index contributed by atoms with van der Waals surface area (Å²) >= 11 is 1.81. The van der Waals surface area contributed by atoms with Crippen molar-refractivity contribution in [2.75, 3.05) is 53.6 Å². The van der Waals surface area contributed by atoms with Crippen LogP contribution in [0.2, 0.25) is 0 Å². The summed E-state index contributed by atoms with van der Waals surface area (Å²) in [7, 11) is 3.48. The molecule has 0 unspecified atom stereocenters. The predicted octanol–water partition coefficient (Wildman–Crippen LogP) is 3.51. The molecule has 5 nitrogen and oxygen atoms in total. The summed E-state index contributed by atoms with van der Waals surface area (Å²) in [5.41, 5.74) is 2.28. The monoisotopic (exact) mass is 397 g/mol. The zero-order chi connectivity index (χ0) is 19.3. The van der Waals surface area contributed by atoms with E-state index in [0.29, 0.717) is 6.61 Å². The number of ether oxygens (including phenoxy) is 2. The van der Waals surface area contributed by atoms with Crippen LogP contribution in [0.15, 0.2) is 63.3 Å². The standard InChI is InChI=1S/C22H27N3O2S/c1-26-16-17(27-2)15-24-11-13-25(14-12-24)22-18-7-3-5-9-20(18)28-21-10-6-4-8-19(21)23-22/h3-10,17H,11-16H2,1-2H3/t17-/m0/s1. The fourth-order valence-corrected chi connectivity index (χ4v) is 4.74. The Morgan fingerprint density at radius 2 is 1.68 bits per heavy atom. The number of nitrogens with zero attached hydrogens (tertiary/aromatic N) is 3. The van der Waals surface area contributed by atoms with Crippen LogP contribution in [0.3, 0.4) is 0 Å². The van der Waals surface area contributed by atoms with E-state index in [0.717, 1.165) is 44.2 Å². The fourth-order valence-electron chi connectivity index (χ4n) is 3.72. The zero-order valence-electron chi connectivity index (χ0n) is 16.5. The molecule has 28 heavy (non-hydrogen) atoms. The molecule has 4 rings (SSSR count). The lowest BCUT2D eigenvalue weighted by Crippen LogP contribution is -2.51. The van der Waals surface area contributed by atoms with Gasteiger partial charge < -0.3 is 14.4 Å². The Bertz CT molecular complexity index is 834. The summed E-state index contributed by atoms with van der Waals surface area (Å²) in [6, 6.07) is 17.0. The molecule has 0 saturated carbocycles. The van der Waals surface area contributed by atoms with Crippen LogP contribution in [0.1, 0.15) is 5.56 Å². The van der Waals surface area contributed by atoms with Gasteiger partial charge in [-0.3, -0.25) is 4.90 Å². The van der Waals surface area contributed by atoms with Crippen LogP contribution in [0.5, 0.6) is 0 Å². The maximum absolute atomic E-state index is 5.53. The van der Waals surface area contributed by atoms with Crippen molar-refractivity contribution < 1.29 is 9.47 Å². The number of piperazine rings is 1. The summed E-state index contributed by atoms with van der Waals surface area (Å²) in [6.45, 7) is 5.46. The van der Waals surface area contributed by atoms with Gasteiger partial charge in [0.1, 0.15) is 5.84 Å². The first-order chi connectivity index (χ1) is 13.8. The molecule has 0 bridgehead atoms. The number of amidine groups is 1. The van der Waals surface area contributed by atoms with Gasteiger partial charge in [0, 0.05) is 62.3 Å². The van der Waals surface area contributed by atoms with Crippen molar-refractivity contribution in [2.45, 2.75) is 15.9 Å². The molecule has 148 valence electrons. The number of para-hydroxylation sites is 1. The van der Waals surface area contributed by atoms with Crippen molar-refractivity contribution in [2.24, 2.45) is 4.99 Å². The van der Waals surface area contributed by atoms with Crippen LogP contribution in [0.4, 0.5) is 5.69 Å². The van der Waals surface area contributed by atoms with Gasteiger partial charge in [0.05, 0.1) is 18.4 Å². The molecule has 0 spiro atoms. The van der Waals surface area contributed by atoms with Gasteiger partial charge in [-0.25, -0.2) is 4.99 Å². The molecule has 1 atom stereocenters. The van der Waals surface area contributed by atoms with E-state index < -0.39 is 0 Å². The molecule has 0 amide bonds. The quantitative estimate of drug-likeness (QED) is 0.772. The minimum Gasteiger partial charge on any atom is -0.382 e. The Morgan fingerprint density at radius 1 is 0.964 bits per heavy atom. The maximum atomic E-state index is 5.53. The molecule has 6 heteroatoms. The Morgan fingerprint density at radius 3 is 2.43 bits per heavy atom. The van der Waals surface area contributed by atoms with Gasteiger partial charge in [0.2, 0.25) is 0 Å². The molecule has 2 aliphatic rings. The Balaban J connectivity index is 1.53. The van der Waals surface area contributed by atoms with E-state index in [1.54, 1.807) is 26.0 Å². The summed E-state index contributed by atoms with van der Waals surface area (Å²) < 4.78 is 10.8. The third-order valence-electron chi connectivity index (χ3n) is 5.26. The minimum atomic E-state index is 0.121. The molecule has 2 heterocycles. The van der Waals surface area contributed by atoms with E-state index in [4.69, 9.17) is 14.5 Å². The Hall–Kier alpha value is -1.86. The lowest BCUT2D eigenvalue weighted by Gasteiger charge is -2.37. The van der Waals surface area contributed by atoms with Crippen LogP contribution >= 0.6 is 11.8 Å². The van der Waals surface area contributed by atoms with Gasteiger partial charge in [-0.1, -0.05) is 42.1 Å². The fraction of sp³-hybridized carbons (Fsp3) is 0.409. The molecular weight excluding hydrogens is 370 g/mol. The average Bonchev–Trinajstić information content (AvgIpc) is 2.90. The van der Waals surface area contributed by atoms with E-state index in [-0.39, 0.29) is 6.10 Å². The first-order valence-corrected chi connectivity index (χ1v) is 10.5. The molecule has 2 aromatic rings. The number of benzene rings is 2. The van der Waals surface area contributed by atoms with E-state index in [9.17, 15) is 0 Å². The van der Waals surface area contributed by atoms with Gasteiger partial charge in [0.15, 0.2) is 0 Å². The van der Waals surface area contributed by atoms with E-state index >= 15 is 0 Å². The van der Waals surface area contributed by atoms with Crippen molar-refractivity contribution in [3.05, 3.63) is 54.1 Å². The first-order valence-electron chi connectivity index (χ1n) is 9.72. The van der Waals surface area contributed by atoms with Crippen LogP contribution in [-0.2, 0) is 9.47 Å². The first kappa shape index (κ1) is 19.5. The van der Waals surface area contributed by atoms with Gasteiger partial charge in [-0.05, 0) is 18.2 Å².